The van der Waals surface area contributed by atoms with E-state index in [0.717, 1.165) is 32.4 Å². The summed E-state index contributed by atoms with van der Waals surface area (Å²) in [4.78, 5) is 33.1. The molecule has 0 aromatic carbocycles. The maximum atomic E-state index is 12.2. The first-order valence-corrected chi connectivity index (χ1v) is 8.26. The van der Waals surface area contributed by atoms with E-state index >= 15 is 0 Å². The monoisotopic (exact) mass is 335 g/mol. The Morgan fingerprint density at radius 2 is 2.13 bits per heavy atom. The summed E-state index contributed by atoms with van der Waals surface area (Å²) < 4.78 is 1.61. The predicted molar refractivity (Wildman–Crippen MR) is 89.3 cm³/mol. The molecule has 2 aromatic rings. The highest BCUT2D eigenvalue weighted by molar-refractivity contribution is 6.37. The van der Waals surface area contributed by atoms with Gasteiger partial charge >= 0.3 is 5.69 Å². The van der Waals surface area contributed by atoms with Crippen molar-refractivity contribution in [1.82, 2.24) is 14.5 Å². The van der Waals surface area contributed by atoms with Gasteiger partial charge in [0.05, 0.1) is 10.9 Å². The number of nitrogens with one attached hydrogen (secondary N) is 1. The summed E-state index contributed by atoms with van der Waals surface area (Å²) in [5.74, 6) is 1.06. The quantitative estimate of drug-likeness (QED) is 0.867. The molecule has 2 aliphatic rings. The Balaban J connectivity index is 1.92. The fourth-order valence-electron chi connectivity index (χ4n) is 3.31. The molecule has 2 aromatic heterocycles. The molecule has 8 heteroatoms. The van der Waals surface area contributed by atoms with Crippen molar-refractivity contribution in [3.8, 4) is 0 Å². The maximum Gasteiger partial charge on any atom is 0.329 e. The van der Waals surface area contributed by atoms with Crippen molar-refractivity contribution in [3.05, 3.63) is 32.1 Å². The van der Waals surface area contributed by atoms with Crippen LogP contribution in [0.25, 0.3) is 10.9 Å². The van der Waals surface area contributed by atoms with Crippen molar-refractivity contribution in [3.63, 3.8) is 0 Å². The van der Waals surface area contributed by atoms with Gasteiger partial charge in [0.15, 0.2) is 0 Å². The molecule has 1 aliphatic heterocycles. The average molecular weight is 336 g/mol. The average Bonchev–Trinajstić information content (AvgIpc) is 3.24. The summed E-state index contributed by atoms with van der Waals surface area (Å²) in [6.45, 7) is 2.26. The van der Waals surface area contributed by atoms with Crippen LogP contribution in [0.15, 0.2) is 15.8 Å². The molecule has 23 heavy (non-hydrogen) atoms. The molecule has 2 fully saturated rings. The van der Waals surface area contributed by atoms with Crippen LogP contribution in [0, 0.1) is 5.92 Å². The van der Waals surface area contributed by atoms with E-state index in [1.807, 2.05) is 0 Å². The van der Waals surface area contributed by atoms with Gasteiger partial charge in [0.1, 0.15) is 10.8 Å². The SMILES string of the molecule is NCC1CCN(c2ncc3c(=O)[nH]c(=O)n(C4CC4)c3c2Cl)C1. The fourth-order valence-corrected chi connectivity index (χ4v) is 3.68. The van der Waals surface area contributed by atoms with Crippen LogP contribution < -0.4 is 21.9 Å². The lowest BCUT2D eigenvalue weighted by Crippen LogP contribution is -2.31. The molecule has 1 aliphatic carbocycles. The van der Waals surface area contributed by atoms with Crippen LogP contribution >= 0.6 is 11.6 Å². The summed E-state index contributed by atoms with van der Waals surface area (Å²) in [5, 5.41) is 0.745. The van der Waals surface area contributed by atoms with Gasteiger partial charge in [-0.1, -0.05) is 11.6 Å². The van der Waals surface area contributed by atoms with Gasteiger partial charge in [0.25, 0.3) is 5.56 Å². The van der Waals surface area contributed by atoms with Crippen molar-refractivity contribution in [2.24, 2.45) is 11.7 Å². The molecular weight excluding hydrogens is 318 g/mol. The number of pyridine rings is 1. The van der Waals surface area contributed by atoms with E-state index in [2.05, 4.69) is 14.9 Å². The predicted octanol–water partition coefficient (Wildman–Crippen LogP) is 0.858. The molecule has 1 atom stereocenters. The largest absolute Gasteiger partial charge is 0.355 e. The third-order valence-electron chi connectivity index (χ3n) is 4.73. The van der Waals surface area contributed by atoms with E-state index in [0.29, 0.717) is 34.2 Å². The molecule has 4 rings (SSSR count). The lowest BCUT2D eigenvalue weighted by molar-refractivity contribution is 0.602. The van der Waals surface area contributed by atoms with Crippen LogP contribution in [0.3, 0.4) is 0 Å². The summed E-state index contributed by atoms with van der Waals surface area (Å²) in [6.07, 6.45) is 4.36. The second-order valence-corrected chi connectivity index (χ2v) is 6.73. The highest BCUT2D eigenvalue weighted by atomic mass is 35.5. The molecule has 0 spiro atoms. The van der Waals surface area contributed by atoms with Crippen LogP contribution in [0.1, 0.15) is 25.3 Å². The molecule has 0 bridgehead atoms. The zero-order valence-electron chi connectivity index (χ0n) is 12.6. The number of hydrogen-bond acceptors (Lipinski definition) is 5. The van der Waals surface area contributed by atoms with E-state index in [9.17, 15) is 9.59 Å². The Kier molecular flexibility index (Phi) is 3.42. The molecule has 1 saturated carbocycles. The fraction of sp³-hybridized carbons (Fsp3) is 0.533. The standard InChI is InChI=1S/C15H18ClN5O2/c16-11-12-10(14(22)19-15(23)21(12)9-1-2-9)6-18-13(11)20-4-3-8(5-17)7-20/h6,8-9H,1-5,7,17H2,(H,19,22,23). The number of fused-ring (bicyclic) bond motifs is 1. The number of halogens is 1. The van der Waals surface area contributed by atoms with Gasteiger partial charge in [-0.25, -0.2) is 9.78 Å². The number of H-pyrrole nitrogens is 1. The van der Waals surface area contributed by atoms with Gasteiger partial charge in [-0.05, 0) is 31.7 Å². The molecule has 7 nitrogen and oxygen atoms in total. The van der Waals surface area contributed by atoms with Crippen molar-refractivity contribution in [2.75, 3.05) is 24.5 Å². The van der Waals surface area contributed by atoms with E-state index in [1.54, 1.807) is 4.57 Å². The van der Waals surface area contributed by atoms with E-state index in [1.165, 1.54) is 6.20 Å². The maximum absolute atomic E-state index is 12.2. The van der Waals surface area contributed by atoms with Gasteiger partial charge in [0, 0.05) is 25.3 Å². The van der Waals surface area contributed by atoms with E-state index in [-0.39, 0.29) is 6.04 Å². The Bertz CT molecular complexity index is 886. The van der Waals surface area contributed by atoms with Crippen LogP contribution in [0.2, 0.25) is 5.02 Å². The van der Waals surface area contributed by atoms with Crippen LogP contribution in [-0.2, 0) is 0 Å². The molecule has 3 heterocycles. The van der Waals surface area contributed by atoms with Gasteiger partial charge in [-0.2, -0.15) is 0 Å². The Labute approximate surface area is 137 Å². The molecular formula is C15H18ClN5O2. The lowest BCUT2D eigenvalue weighted by atomic mass is 10.1. The molecule has 1 saturated heterocycles. The molecule has 0 radical (unpaired) electrons. The highest BCUT2D eigenvalue weighted by Crippen LogP contribution is 2.39. The zero-order valence-corrected chi connectivity index (χ0v) is 13.3. The second kappa shape index (κ2) is 5.35. The topological polar surface area (TPSA) is 97.0 Å². The van der Waals surface area contributed by atoms with Crippen LogP contribution in [0.5, 0.6) is 0 Å². The van der Waals surface area contributed by atoms with Crippen LogP contribution in [0.4, 0.5) is 5.82 Å². The smallest absolute Gasteiger partial charge is 0.329 e. The number of nitrogens with zero attached hydrogens (tertiary/aromatic N) is 3. The Morgan fingerprint density at radius 3 is 2.78 bits per heavy atom. The number of aromatic amines is 1. The van der Waals surface area contributed by atoms with Crippen molar-refractivity contribution < 1.29 is 0 Å². The van der Waals surface area contributed by atoms with Gasteiger partial charge in [-0.3, -0.25) is 14.3 Å². The molecule has 0 amide bonds. The highest BCUT2D eigenvalue weighted by Gasteiger charge is 2.30. The van der Waals surface area contributed by atoms with Gasteiger partial charge < -0.3 is 10.6 Å². The van der Waals surface area contributed by atoms with Gasteiger partial charge in [0.2, 0.25) is 0 Å². The lowest BCUT2D eigenvalue weighted by Gasteiger charge is -2.20. The number of anilines is 1. The number of aromatic nitrogens is 3. The summed E-state index contributed by atoms with van der Waals surface area (Å²) >= 11 is 6.59. The van der Waals surface area contributed by atoms with Gasteiger partial charge in [-0.15, -0.1) is 0 Å². The number of rotatable bonds is 3. The van der Waals surface area contributed by atoms with E-state index < -0.39 is 11.2 Å². The minimum atomic E-state index is -0.441. The first-order chi connectivity index (χ1) is 11.1. The number of hydrogen-bond donors (Lipinski definition) is 2. The zero-order chi connectivity index (χ0) is 16.1. The van der Waals surface area contributed by atoms with E-state index in [4.69, 9.17) is 17.3 Å². The normalized spacial score (nSPS) is 21.3. The minimum absolute atomic E-state index is 0.116. The summed E-state index contributed by atoms with van der Waals surface area (Å²) in [6, 6.07) is 0.116. The third kappa shape index (κ3) is 2.35. The van der Waals surface area contributed by atoms with Crippen molar-refractivity contribution >= 4 is 28.3 Å². The molecule has 1 unspecified atom stereocenters. The Hall–Kier alpha value is -1.86. The van der Waals surface area contributed by atoms with Crippen LogP contribution in [-0.4, -0.2) is 34.2 Å². The third-order valence-corrected chi connectivity index (χ3v) is 5.08. The first kappa shape index (κ1) is 14.7. The first-order valence-electron chi connectivity index (χ1n) is 7.88. The summed E-state index contributed by atoms with van der Waals surface area (Å²) in [7, 11) is 0. The second-order valence-electron chi connectivity index (χ2n) is 6.35. The van der Waals surface area contributed by atoms with Crippen molar-refractivity contribution in [2.45, 2.75) is 25.3 Å². The number of nitrogens with two attached hydrogens (primary N) is 1. The minimum Gasteiger partial charge on any atom is -0.355 e. The van der Waals surface area contributed by atoms with Crippen molar-refractivity contribution in [1.29, 1.82) is 0 Å². The Morgan fingerprint density at radius 1 is 1.35 bits per heavy atom. The summed E-state index contributed by atoms with van der Waals surface area (Å²) in [5.41, 5.74) is 5.41. The molecule has 122 valence electrons. The molecule has 3 N–H and O–H groups in total.